The number of nitrogens with zero attached hydrogens (tertiary/aromatic N) is 1. The predicted molar refractivity (Wildman–Crippen MR) is 88.3 cm³/mol. The minimum atomic E-state index is -0.506. The van der Waals surface area contributed by atoms with Crippen LogP contribution in [0.2, 0.25) is 5.02 Å². The molecule has 130 valence electrons. The number of carbonyl (C=O) groups excluding carboxylic acids is 1. The number of carbonyl (C=O) groups is 1. The van der Waals surface area contributed by atoms with E-state index < -0.39 is 10.9 Å². The Morgan fingerprint density at radius 1 is 1.28 bits per heavy atom. The predicted octanol–water partition coefficient (Wildman–Crippen LogP) is 3.40. The standard InChI is InChI=1S/C17H14ClNO6/c18-14-3-1-11(2-4-14)5-16(20)24-9-13-7-15(19(21)22)6-12-8-23-10-25-17(12)13/h1-4,6-7H,5,8-10H2. The lowest BCUT2D eigenvalue weighted by Crippen LogP contribution is -2.15. The lowest BCUT2D eigenvalue weighted by molar-refractivity contribution is -0.385. The number of fused-ring (bicyclic) bond motifs is 1. The van der Waals surface area contributed by atoms with Gasteiger partial charge in [-0.15, -0.1) is 0 Å². The van der Waals surface area contributed by atoms with E-state index in [1.54, 1.807) is 24.3 Å². The van der Waals surface area contributed by atoms with Crippen LogP contribution in [0.15, 0.2) is 36.4 Å². The van der Waals surface area contributed by atoms with E-state index in [-0.39, 0.29) is 32.1 Å². The molecule has 1 heterocycles. The summed E-state index contributed by atoms with van der Waals surface area (Å²) in [5.41, 5.74) is 1.66. The van der Waals surface area contributed by atoms with Crippen molar-refractivity contribution in [3.8, 4) is 5.75 Å². The average Bonchev–Trinajstić information content (AvgIpc) is 2.61. The molecule has 2 aromatic carbocycles. The van der Waals surface area contributed by atoms with Crippen LogP contribution >= 0.6 is 11.6 Å². The van der Waals surface area contributed by atoms with E-state index in [9.17, 15) is 14.9 Å². The van der Waals surface area contributed by atoms with Gasteiger partial charge in [0.15, 0.2) is 6.79 Å². The summed E-state index contributed by atoms with van der Waals surface area (Å²) in [4.78, 5) is 22.5. The van der Waals surface area contributed by atoms with Crippen molar-refractivity contribution in [2.24, 2.45) is 0 Å². The van der Waals surface area contributed by atoms with Crippen LogP contribution in [0.4, 0.5) is 5.69 Å². The second-order valence-corrected chi connectivity index (χ2v) is 5.86. The lowest BCUT2D eigenvalue weighted by atomic mass is 10.1. The minimum Gasteiger partial charge on any atom is -0.467 e. The van der Waals surface area contributed by atoms with Crippen molar-refractivity contribution >= 4 is 23.3 Å². The van der Waals surface area contributed by atoms with E-state index in [1.165, 1.54) is 12.1 Å². The summed E-state index contributed by atoms with van der Waals surface area (Å²) in [6.45, 7) is 0.149. The molecule has 0 spiro atoms. The van der Waals surface area contributed by atoms with Crippen LogP contribution in [-0.4, -0.2) is 17.7 Å². The largest absolute Gasteiger partial charge is 0.467 e. The van der Waals surface area contributed by atoms with Crippen molar-refractivity contribution in [2.75, 3.05) is 6.79 Å². The number of non-ortho nitro benzene ring substituents is 1. The van der Waals surface area contributed by atoms with Crippen LogP contribution in [-0.2, 0) is 33.9 Å². The van der Waals surface area contributed by atoms with Crippen molar-refractivity contribution < 1.29 is 23.9 Å². The third kappa shape index (κ3) is 4.26. The Bertz CT molecular complexity index is 806. The third-order valence-electron chi connectivity index (χ3n) is 3.63. The molecule has 1 aliphatic heterocycles. The van der Waals surface area contributed by atoms with Gasteiger partial charge in [0.25, 0.3) is 5.69 Å². The van der Waals surface area contributed by atoms with Crippen molar-refractivity contribution in [1.29, 1.82) is 0 Å². The zero-order chi connectivity index (χ0) is 17.8. The van der Waals surface area contributed by atoms with Gasteiger partial charge in [-0.1, -0.05) is 23.7 Å². The number of halogens is 1. The van der Waals surface area contributed by atoms with Gasteiger partial charge in [-0.25, -0.2) is 0 Å². The summed E-state index contributed by atoms with van der Waals surface area (Å²) in [6.07, 6.45) is 0.0816. The second kappa shape index (κ2) is 7.50. The minimum absolute atomic E-state index is 0.0521. The molecule has 3 rings (SSSR count). The molecule has 0 bridgehead atoms. The monoisotopic (exact) mass is 363 g/mol. The number of rotatable bonds is 5. The maximum atomic E-state index is 12.0. The summed E-state index contributed by atoms with van der Waals surface area (Å²) >= 11 is 5.80. The quantitative estimate of drug-likeness (QED) is 0.459. The molecule has 8 heteroatoms. The maximum Gasteiger partial charge on any atom is 0.310 e. The van der Waals surface area contributed by atoms with Crippen molar-refractivity contribution in [3.05, 3.63) is 68.2 Å². The van der Waals surface area contributed by atoms with Gasteiger partial charge >= 0.3 is 5.97 Å². The van der Waals surface area contributed by atoms with Crippen molar-refractivity contribution in [1.82, 2.24) is 0 Å². The van der Waals surface area contributed by atoms with E-state index >= 15 is 0 Å². The van der Waals surface area contributed by atoms with E-state index in [0.29, 0.717) is 21.9 Å². The maximum absolute atomic E-state index is 12.0. The smallest absolute Gasteiger partial charge is 0.310 e. The Kier molecular flexibility index (Phi) is 5.16. The first kappa shape index (κ1) is 17.2. The van der Waals surface area contributed by atoms with Gasteiger partial charge in [-0.05, 0) is 17.7 Å². The molecule has 0 N–H and O–H groups in total. The van der Waals surface area contributed by atoms with Crippen molar-refractivity contribution in [3.63, 3.8) is 0 Å². The molecule has 0 unspecified atom stereocenters. The second-order valence-electron chi connectivity index (χ2n) is 5.42. The molecule has 0 aromatic heterocycles. The van der Waals surface area contributed by atoms with E-state index in [4.69, 9.17) is 25.8 Å². The SMILES string of the molecule is O=C(Cc1ccc(Cl)cc1)OCc1cc([N+](=O)[O-])cc2c1OCOC2. The number of hydrogen-bond acceptors (Lipinski definition) is 6. The molecule has 0 saturated carbocycles. The lowest BCUT2D eigenvalue weighted by Gasteiger charge is -2.20. The van der Waals surface area contributed by atoms with Crippen LogP contribution < -0.4 is 4.74 Å². The topological polar surface area (TPSA) is 87.9 Å². The highest BCUT2D eigenvalue weighted by Gasteiger charge is 2.21. The Labute approximate surface area is 148 Å². The fourth-order valence-corrected chi connectivity index (χ4v) is 2.60. The van der Waals surface area contributed by atoms with Gasteiger partial charge in [0, 0.05) is 28.3 Å². The van der Waals surface area contributed by atoms with Gasteiger partial charge in [0.05, 0.1) is 18.0 Å². The fourth-order valence-electron chi connectivity index (χ4n) is 2.47. The number of hydrogen-bond donors (Lipinski definition) is 0. The highest BCUT2D eigenvalue weighted by molar-refractivity contribution is 6.30. The molecule has 7 nitrogen and oxygen atoms in total. The Balaban J connectivity index is 1.71. The van der Waals surface area contributed by atoms with Gasteiger partial charge in [-0.2, -0.15) is 0 Å². The summed E-state index contributed by atoms with van der Waals surface area (Å²) in [5, 5.41) is 11.6. The van der Waals surface area contributed by atoms with Crippen LogP contribution in [0.25, 0.3) is 0 Å². The molecule has 0 fully saturated rings. The first-order chi connectivity index (χ1) is 12.0. The number of nitro benzene ring substituents is 1. The van der Waals surface area contributed by atoms with E-state index in [0.717, 1.165) is 5.56 Å². The molecule has 1 aliphatic rings. The van der Waals surface area contributed by atoms with E-state index in [2.05, 4.69) is 0 Å². The molecule has 0 amide bonds. The highest BCUT2D eigenvalue weighted by Crippen LogP contribution is 2.33. The van der Waals surface area contributed by atoms with Gasteiger partial charge in [-0.3, -0.25) is 14.9 Å². The van der Waals surface area contributed by atoms with Crippen LogP contribution in [0, 0.1) is 10.1 Å². The van der Waals surface area contributed by atoms with Gasteiger partial charge in [0.1, 0.15) is 12.4 Å². The Morgan fingerprint density at radius 2 is 2.04 bits per heavy atom. The Hall–Kier alpha value is -2.64. The molecule has 0 atom stereocenters. The number of esters is 1. The molecule has 0 saturated heterocycles. The van der Waals surface area contributed by atoms with Gasteiger partial charge < -0.3 is 14.2 Å². The number of nitro groups is 1. The van der Waals surface area contributed by atoms with Crippen molar-refractivity contribution in [2.45, 2.75) is 19.6 Å². The molecule has 2 aromatic rings. The van der Waals surface area contributed by atoms with Gasteiger partial charge in [0.2, 0.25) is 0 Å². The molecular formula is C17H14ClNO6. The van der Waals surface area contributed by atoms with Crippen LogP contribution in [0.5, 0.6) is 5.75 Å². The number of benzene rings is 2. The molecule has 0 radical (unpaired) electrons. The zero-order valence-corrected chi connectivity index (χ0v) is 13.8. The third-order valence-corrected chi connectivity index (χ3v) is 3.88. The van der Waals surface area contributed by atoms with E-state index in [1.807, 2.05) is 0 Å². The summed E-state index contributed by atoms with van der Waals surface area (Å²) < 4.78 is 15.8. The fraction of sp³-hybridized carbons (Fsp3) is 0.235. The molecule has 25 heavy (non-hydrogen) atoms. The van der Waals surface area contributed by atoms with Crippen LogP contribution in [0.1, 0.15) is 16.7 Å². The molecular weight excluding hydrogens is 350 g/mol. The Morgan fingerprint density at radius 3 is 2.76 bits per heavy atom. The molecule has 0 aliphatic carbocycles. The average molecular weight is 364 g/mol. The van der Waals surface area contributed by atoms with Crippen LogP contribution in [0.3, 0.4) is 0 Å². The normalized spacial score (nSPS) is 12.8. The number of ether oxygens (including phenoxy) is 3. The first-order valence-electron chi connectivity index (χ1n) is 7.44. The summed E-state index contributed by atoms with van der Waals surface area (Å²) in [5.74, 6) is 0.0192. The highest BCUT2D eigenvalue weighted by atomic mass is 35.5. The zero-order valence-electron chi connectivity index (χ0n) is 13.1. The first-order valence-corrected chi connectivity index (χ1v) is 7.81. The summed E-state index contributed by atoms with van der Waals surface area (Å²) in [6, 6.07) is 9.59. The summed E-state index contributed by atoms with van der Waals surface area (Å²) in [7, 11) is 0.